The molecule has 0 bridgehead atoms. The van der Waals surface area contributed by atoms with Gasteiger partial charge in [-0.15, -0.1) is 0 Å². The molecule has 116 valence electrons. The molecule has 4 rings (SSSR count). The summed E-state index contributed by atoms with van der Waals surface area (Å²) in [6.07, 6.45) is 3.15. The molecule has 0 amide bonds. The van der Waals surface area contributed by atoms with Crippen LogP contribution in [0.5, 0.6) is 0 Å². The molecule has 1 aliphatic heterocycles. The lowest BCUT2D eigenvalue weighted by atomic mass is 10.1. The Morgan fingerprint density at radius 1 is 1.39 bits per heavy atom. The van der Waals surface area contributed by atoms with Crippen molar-refractivity contribution in [1.82, 2.24) is 24.3 Å². The SMILES string of the molecule is CCOC(=O)c1ncn2c1Cn1ncnc1-c1cc(Br)ccc1-2. The van der Waals surface area contributed by atoms with Crippen molar-refractivity contribution in [2.24, 2.45) is 0 Å². The summed E-state index contributed by atoms with van der Waals surface area (Å²) in [6.45, 7) is 2.48. The van der Waals surface area contributed by atoms with Crippen LogP contribution in [0.15, 0.2) is 35.3 Å². The number of hydrogen-bond acceptors (Lipinski definition) is 5. The van der Waals surface area contributed by atoms with Crippen molar-refractivity contribution in [1.29, 1.82) is 0 Å². The van der Waals surface area contributed by atoms with Crippen LogP contribution in [-0.4, -0.2) is 36.9 Å². The number of rotatable bonds is 2. The third-order valence-corrected chi connectivity index (χ3v) is 4.20. The van der Waals surface area contributed by atoms with Crippen molar-refractivity contribution in [3.05, 3.63) is 46.7 Å². The highest BCUT2D eigenvalue weighted by Crippen LogP contribution is 2.33. The average molecular weight is 374 g/mol. The normalized spacial score (nSPS) is 12.1. The van der Waals surface area contributed by atoms with Crippen molar-refractivity contribution >= 4 is 21.9 Å². The zero-order valence-electron chi connectivity index (χ0n) is 12.2. The molecule has 1 aromatic carbocycles. The highest BCUT2D eigenvalue weighted by molar-refractivity contribution is 9.10. The number of fused-ring (bicyclic) bond motifs is 5. The summed E-state index contributed by atoms with van der Waals surface area (Å²) in [7, 11) is 0. The van der Waals surface area contributed by atoms with E-state index >= 15 is 0 Å². The third kappa shape index (κ3) is 2.17. The molecule has 7 nitrogen and oxygen atoms in total. The van der Waals surface area contributed by atoms with E-state index in [0.717, 1.165) is 27.2 Å². The lowest BCUT2D eigenvalue weighted by molar-refractivity contribution is 0.0518. The monoisotopic (exact) mass is 373 g/mol. The molecule has 1 aliphatic rings. The number of ether oxygens (including phenoxy) is 1. The van der Waals surface area contributed by atoms with Gasteiger partial charge in [-0.25, -0.2) is 19.4 Å². The van der Waals surface area contributed by atoms with Gasteiger partial charge >= 0.3 is 5.97 Å². The van der Waals surface area contributed by atoms with E-state index < -0.39 is 5.97 Å². The van der Waals surface area contributed by atoms with Crippen LogP contribution in [-0.2, 0) is 11.3 Å². The molecule has 0 unspecified atom stereocenters. The molecule has 8 heteroatoms. The predicted octanol–water partition coefficient (Wildman–Crippen LogP) is 2.43. The van der Waals surface area contributed by atoms with Crippen LogP contribution in [0.4, 0.5) is 0 Å². The molecular formula is C15H12BrN5O2. The van der Waals surface area contributed by atoms with E-state index in [0.29, 0.717) is 18.8 Å². The predicted molar refractivity (Wildman–Crippen MR) is 85.3 cm³/mol. The van der Waals surface area contributed by atoms with Crippen LogP contribution in [0.25, 0.3) is 17.1 Å². The van der Waals surface area contributed by atoms with E-state index in [4.69, 9.17) is 4.74 Å². The largest absolute Gasteiger partial charge is 0.461 e. The molecular weight excluding hydrogens is 362 g/mol. The van der Waals surface area contributed by atoms with Gasteiger partial charge in [0.25, 0.3) is 0 Å². The van der Waals surface area contributed by atoms with Gasteiger partial charge in [-0.05, 0) is 25.1 Å². The van der Waals surface area contributed by atoms with Crippen molar-refractivity contribution < 1.29 is 9.53 Å². The second-order valence-corrected chi connectivity index (χ2v) is 5.95. The highest BCUT2D eigenvalue weighted by Gasteiger charge is 2.26. The zero-order chi connectivity index (χ0) is 16.0. The number of halogens is 1. The fraction of sp³-hybridized carbons (Fsp3) is 0.200. The van der Waals surface area contributed by atoms with Gasteiger partial charge < -0.3 is 4.74 Å². The highest BCUT2D eigenvalue weighted by atomic mass is 79.9. The lowest BCUT2D eigenvalue weighted by Gasteiger charge is -2.09. The maximum absolute atomic E-state index is 12.2. The molecule has 23 heavy (non-hydrogen) atoms. The number of carbonyl (C=O) groups is 1. The second-order valence-electron chi connectivity index (χ2n) is 5.03. The van der Waals surface area contributed by atoms with Gasteiger partial charge in [-0.2, -0.15) is 5.10 Å². The van der Waals surface area contributed by atoms with Crippen LogP contribution in [0.1, 0.15) is 23.1 Å². The fourth-order valence-electron chi connectivity index (χ4n) is 2.73. The number of esters is 1. The molecule has 0 spiro atoms. The van der Waals surface area contributed by atoms with Gasteiger partial charge in [0.05, 0.1) is 24.5 Å². The summed E-state index contributed by atoms with van der Waals surface area (Å²) < 4.78 is 9.70. The molecule has 2 aromatic heterocycles. The Balaban J connectivity index is 1.97. The third-order valence-electron chi connectivity index (χ3n) is 3.71. The van der Waals surface area contributed by atoms with Crippen molar-refractivity contribution in [3.63, 3.8) is 0 Å². The first-order valence-corrected chi connectivity index (χ1v) is 7.89. The van der Waals surface area contributed by atoms with Crippen LogP contribution in [0.2, 0.25) is 0 Å². The Bertz CT molecular complexity index is 914. The molecule has 0 N–H and O–H groups in total. The summed E-state index contributed by atoms with van der Waals surface area (Å²) >= 11 is 3.49. The molecule has 0 atom stereocenters. The molecule has 3 heterocycles. The zero-order valence-corrected chi connectivity index (χ0v) is 13.8. The second kappa shape index (κ2) is 5.31. The smallest absolute Gasteiger partial charge is 0.358 e. The first kappa shape index (κ1) is 14.1. The van der Waals surface area contributed by atoms with Crippen molar-refractivity contribution in [2.45, 2.75) is 13.5 Å². The minimum absolute atomic E-state index is 0.309. The Hall–Kier alpha value is -2.48. The maximum atomic E-state index is 12.2. The van der Waals surface area contributed by atoms with Crippen LogP contribution >= 0.6 is 15.9 Å². The molecule has 0 saturated heterocycles. The summed E-state index contributed by atoms with van der Waals surface area (Å²) in [5.41, 5.74) is 2.86. The van der Waals surface area contributed by atoms with Crippen LogP contribution < -0.4 is 0 Å². The fourth-order valence-corrected chi connectivity index (χ4v) is 3.09. The van der Waals surface area contributed by atoms with Crippen molar-refractivity contribution in [3.8, 4) is 17.1 Å². The summed E-state index contributed by atoms with van der Waals surface area (Å²) in [5, 5.41) is 4.27. The van der Waals surface area contributed by atoms with Gasteiger partial charge in [0.1, 0.15) is 12.7 Å². The Labute approximate surface area is 140 Å². The Morgan fingerprint density at radius 3 is 3.09 bits per heavy atom. The number of carbonyl (C=O) groups excluding carboxylic acids is 1. The molecule has 0 fully saturated rings. The minimum Gasteiger partial charge on any atom is -0.461 e. The van der Waals surface area contributed by atoms with E-state index in [1.165, 1.54) is 6.33 Å². The van der Waals surface area contributed by atoms with E-state index in [1.54, 1.807) is 17.9 Å². The number of imidazole rings is 1. The Kier molecular flexibility index (Phi) is 3.26. The topological polar surface area (TPSA) is 74.8 Å². The van der Waals surface area contributed by atoms with E-state index in [1.807, 2.05) is 22.8 Å². The first-order valence-electron chi connectivity index (χ1n) is 7.10. The summed E-state index contributed by atoms with van der Waals surface area (Å²) in [6, 6.07) is 5.89. The number of nitrogens with zero attached hydrogens (tertiary/aromatic N) is 5. The van der Waals surface area contributed by atoms with E-state index in [9.17, 15) is 4.79 Å². The average Bonchev–Trinajstić information content (AvgIpc) is 3.13. The number of aromatic nitrogens is 5. The van der Waals surface area contributed by atoms with Gasteiger partial charge in [-0.3, -0.25) is 4.57 Å². The maximum Gasteiger partial charge on any atom is 0.358 e. The Morgan fingerprint density at radius 2 is 2.26 bits per heavy atom. The van der Waals surface area contributed by atoms with Crippen LogP contribution in [0.3, 0.4) is 0 Å². The minimum atomic E-state index is -0.427. The van der Waals surface area contributed by atoms with E-state index in [2.05, 4.69) is 31.0 Å². The first-order chi connectivity index (χ1) is 11.2. The quantitative estimate of drug-likeness (QED) is 0.504. The van der Waals surface area contributed by atoms with Crippen molar-refractivity contribution in [2.75, 3.05) is 6.61 Å². The van der Waals surface area contributed by atoms with Gasteiger partial charge in [-0.1, -0.05) is 15.9 Å². The molecule has 0 radical (unpaired) electrons. The van der Waals surface area contributed by atoms with Gasteiger partial charge in [0, 0.05) is 10.0 Å². The molecule has 0 saturated carbocycles. The van der Waals surface area contributed by atoms with Crippen LogP contribution in [0, 0.1) is 0 Å². The van der Waals surface area contributed by atoms with Gasteiger partial charge in [0.2, 0.25) is 0 Å². The molecule has 0 aliphatic carbocycles. The summed E-state index contributed by atoms with van der Waals surface area (Å²) in [4.78, 5) is 20.8. The van der Waals surface area contributed by atoms with Gasteiger partial charge in [0.15, 0.2) is 11.5 Å². The van der Waals surface area contributed by atoms with E-state index in [-0.39, 0.29) is 0 Å². The number of benzene rings is 1. The summed E-state index contributed by atoms with van der Waals surface area (Å²) in [5.74, 6) is 0.322. The standard InChI is InChI=1S/C15H12BrN5O2/c1-2-23-15(22)13-12-6-21-14(17-7-19-21)10-5-9(16)3-4-11(10)20(12)8-18-13/h3-5,7-8H,2,6H2,1H3. The number of hydrogen-bond donors (Lipinski definition) is 0. The molecule has 3 aromatic rings. The lowest BCUT2D eigenvalue weighted by Crippen LogP contribution is -2.12.